The van der Waals surface area contributed by atoms with E-state index in [2.05, 4.69) is 0 Å². The topological polar surface area (TPSA) is 66.9 Å². The molecule has 1 unspecified atom stereocenters. The van der Waals surface area contributed by atoms with Gasteiger partial charge in [-0.3, -0.25) is 4.79 Å². The maximum atomic E-state index is 13.1. The lowest BCUT2D eigenvalue weighted by Crippen LogP contribution is -2.46. The number of hydrogen-bond acceptors (Lipinski definition) is 4. The molecule has 2 aromatic carbocycles. The minimum Gasteiger partial charge on any atom is -0.457 e. The lowest BCUT2D eigenvalue weighted by atomic mass is 9.97. The first-order chi connectivity index (χ1) is 14.5. The van der Waals surface area contributed by atoms with E-state index in [0.29, 0.717) is 37.2 Å². The van der Waals surface area contributed by atoms with E-state index in [0.717, 1.165) is 24.0 Å². The van der Waals surface area contributed by atoms with Gasteiger partial charge >= 0.3 is 6.18 Å². The quantitative estimate of drug-likeness (QED) is 0.709. The van der Waals surface area contributed by atoms with Crippen molar-refractivity contribution in [3.05, 3.63) is 59.2 Å². The smallest absolute Gasteiger partial charge is 0.416 e. The van der Waals surface area contributed by atoms with Crippen LogP contribution in [0.25, 0.3) is 0 Å². The van der Waals surface area contributed by atoms with Crippen LogP contribution < -0.4 is 4.74 Å². The minimum absolute atomic E-state index is 0.185. The number of rotatable bonds is 4. The molecule has 2 aromatic rings. The highest BCUT2D eigenvalue weighted by atomic mass is 32.2. The average Bonchev–Trinajstić information content (AvgIpc) is 3.19. The van der Waals surface area contributed by atoms with Crippen molar-refractivity contribution in [3.8, 4) is 11.5 Å². The van der Waals surface area contributed by atoms with Gasteiger partial charge in [-0.25, -0.2) is 12.7 Å². The van der Waals surface area contributed by atoms with E-state index in [1.165, 1.54) is 16.4 Å². The zero-order chi connectivity index (χ0) is 22.4. The molecule has 0 N–H and O–H groups in total. The summed E-state index contributed by atoms with van der Waals surface area (Å²) in [5.74, 6) is 0.380. The summed E-state index contributed by atoms with van der Waals surface area (Å²) in [5.41, 5.74) is 0.559. The molecule has 2 aliphatic heterocycles. The standard InChI is InChI=1S/C21H21F3N2O4S/c1-31(28,29)25-10-9-16(13-25)26-11-8-14-2-5-18(12-19(14)20(26)27)30-17-6-3-15(4-7-17)21(22,23)24/h2-7,12,16H,8-11,13H2,1H3. The Bertz CT molecular complexity index is 1100. The molecule has 10 heteroatoms. The molecule has 0 aliphatic carbocycles. The first-order valence-corrected chi connectivity index (χ1v) is 11.6. The second kappa shape index (κ2) is 7.83. The number of ether oxygens (including phenoxy) is 1. The third-order valence-corrected chi connectivity index (χ3v) is 6.92. The normalized spacial score (nSPS) is 20.1. The molecule has 2 aliphatic rings. The number of alkyl halides is 3. The van der Waals surface area contributed by atoms with Gasteiger partial charge in [0.1, 0.15) is 11.5 Å². The molecule has 1 atom stereocenters. The van der Waals surface area contributed by atoms with Crippen molar-refractivity contribution in [2.24, 2.45) is 0 Å². The fourth-order valence-corrected chi connectivity index (χ4v) is 4.88. The van der Waals surface area contributed by atoms with Gasteiger partial charge in [0.2, 0.25) is 10.0 Å². The molecular formula is C21H21F3N2O4S. The fraction of sp³-hybridized carbons (Fsp3) is 0.381. The number of fused-ring (bicyclic) bond motifs is 1. The highest BCUT2D eigenvalue weighted by Gasteiger charge is 2.37. The minimum atomic E-state index is -4.42. The maximum Gasteiger partial charge on any atom is 0.416 e. The second-order valence-corrected chi connectivity index (χ2v) is 9.74. The zero-order valence-electron chi connectivity index (χ0n) is 16.7. The molecule has 4 rings (SSSR count). The maximum absolute atomic E-state index is 13.1. The Morgan fingerprint density at radius 3 is 2.32 bits per heavy atom. The van der Waals surface area contributed by atoms with Crippen LogP contribution in [-0.4, -0.2) is 55.5 Å². The Morgan fingerprint density at radius 2 is 1.71 bits per heavy atom. The van der Waals surface area contributed by atoms with Crippen LogP contribution in [-0.2, 0) is 22.6 Å². The third-order valence-electron chi connectivity index (χ3n) is 5.65. The number of halogens is 3. The van der Waals surface area contributed by atoms with Crippen LogP contribution in [0.15, 0.2) is 42.5 Å². The molecule has 0 aromatic heterocycles. The molecule has 0 bridgehead atoms. The number of carbonyl (C=O) groups is 1. The van der Waals surface area contributed by atoms with Gasteiger partial charge in [0.05, 0.1) is 11.8 Å². The molecule has 0 radical (unpaired) electrons. The van der Waals surface area contributed by atoms with Crippen molar-refractivity contribution >= 4 is 15.9 Å². The lowest BCUT2D eigenvalue weighted by Gasteiger charge is -2.33. The number of carbonyl (C=O) groups excluding carboxylic acids is 1. The van der Waals surface area contributed by atoms with Crippen molar-refractivity contribution in [1.82, 2.24) is 9.21 Å². The fourth-order valence-electron chi connectivity index (χ4n) is 4.00. The summed E-state index contributed by atoms with van der Waals surface area (Å²) in [4.78, 5) is 14.8. The van der Waals surface area contributed by atoms with Gasteiger partial charge in [0, 0.05) is 31.2 Å². The Hall–Kier alpha value is -2.59. The molecule has 0 spiro atoms. The predicted molar refractivity (Wildman–Crippen MR) is 108 cm³/mol. The highest BCUT2D eigenvalue weighted by molar-refractivity contribution is 7.88. The Kier molecular flexibility index (Phi) is 5.47. The largest absolute Gasteiger partial charge is 0.457 e. The summed E-state index contributed by atoms with van der Waals surface area (Å²) in [7, 11) is -3.30. The van der Waals surface area contributed by atoms with Gasteiger partial charge < -0.3 is 9.64 Å². The van der Waals surface area contributed by atoms with Crippen molar-refractivity contribution in [1.29, 1.82) is 0 Å². The van der Waals surface area contributed by atoms with E-state index >= 15 is 0 Å². The first-order valence-electron chi connectivity index (χ1n) is 9.76. The Balaban J connectivity index is 1.50. The van der Waals surface area contributed by atoms with Crippen molar-refractivity contribution in [2.45, 2.75) is 25.1 Å². The van der Waals surface area contributed by atoms with E-state index in [4.69, 9.17) is 4.74 Å². The summed E-state index contributed by atoms with van der Waals surface area (Å²) in [5, 5.41) is 0. The van der Waals surface area contributed by atoms with Crippen LogP contribution in [0.3, 0.4) is 0 Å². The molecular weight excluding hydrogens is 433 g/mol. The number of nitrogens with zero attached hydrogens (tertiary/aromatic N) is 2. The number of hydrogen-bond donors (Lipinski definition) is 0. The van der Waals surface area contributed by atoms with Gasteiger partial charge in [-0.1, -0.05) is 6.07 Å². The first kappa shape index (κ1) is 21.6. The van der Waals surface area contributed by atoms with Crippen molar-refractivity contribution in [2.75, 3.05) is 25.9 Å². The number of sulfonamides is 1. The number of benzene rings is 2. The Morgan fingerprint density at radius 1 is 1.03 bits per heavy atom. The van der Waals surface area contributed by atoms with Crippen molar-refractivity contribution in [3.63, 3.8) is 0 Å². The monoisotopic (exact) mass is 454 g/mol. The van der Waals surface area contributed by atoms with Crippen LogP contribution in [0.5, 0.6) is 11.5 Å². The molecule has 6 nitrogen and oxygen atoms in total. The van der Waals surface area contributed by atoms with Crippen molar-refractivity contribution < 1.29 is 31.1 Å². The van der Waals surface area contributed by atoms with Gasteiger partial charge in [-0.2, -0.15) is 13.2 Å². The molecule has 0 saturated carbocycles. The summed E-state index contributed by atoms with van der Waals surface area (Å²) in [6.45, 7) is 1.17. The summed E-state index contributed by atoms with van der Waals surface area (Å²) < 4.78 is 68.7. The van der Waals surface area contributed by atoms with Gasteiger partial charge in [0.15, 0.2) is 0 Å². The van der Waals surface area contributed by atoms with Gasteiger partial charge in [-0.15, -0.1) is 0 Å². The molecule has 1 amide bonds. The zero-order valence-corrected chi connectivity index (χ0v) is 17.5. The highest BCUT2D eigenvalue weighted by Crippen LogP contribution is 2.33. The van der Waals surface area contributed by atoms with Crippen LogP contribution in [0.4, 0.5) is 13.2 Å². The lowest BCUT2D eigenvalue weighted by molar-refractivity contribution is -0.137. The van der Waals surface area contributed by atoms with E-state index in [-0.39, 0.29) is 24.2 Å². The summed E-state index contributed by atoms with van der Waals surface area (Å²) >= 11 is 0. The summed E-state index contributed by atoms with van der Waals surface area (Å²) in [6.07, 6.45) is -2.05. The molecule has 1 saturated heterocycles. The van der Waals surface area contributed by atoms with E-state index in [1.54, 1.807) is 23.1 Å². The number of amides is 1. The molecule has 1 fully saturated rings. The van der Waals surface area contributed by atoms with Gasteiger partial charge in [-0.05, 0) is 54.8 Å². The van der Waals surface area contributed by atoms with Crippen LogP contribution in [0.1, 0.15) is 27.9 Å². The van der Waals surface area contributed by atoms with Gasteiger partial charge in [0.25, 0.3) is 5.91 Å². The van der Waals surface area contributed by atoms with Crippen LogP contribution in [0.2, 0.25) is 0 Å². The summed E-state index contributed by atoms with van der Waals surface area (Å²) in [6, 6.07) is 9.20. The van der Waals surface area contributed by atoms with E-state index < -0.39 is 21.8 Å². The third kappa shape index (κ3) is 4.54. The van der Waals surface area contributed by atoms with Crippen LogP contribution in [0, 0.1) is 0 Å². The molecule has 2 heterocycles. The SMILES string of the molecule is CS(=O)(=O)N1CCC(N2CCc3ccc(Oc4ccc(C(F)(F)F)cc4)cc3C2=O)C1. The van der Waals surface area contributed by atoms with E-state index in [1.807, 2.05) is 0 Å². The van der Waals surface area contributed by atoms with Crippen LogP contribution >= 0.6 is 0 Å². The average molecular weight is 454 g/mol. The second-order valence-electron chi connectivity index (χ2n) is 7.76. The predicted octanol–water partition coefficient (Wildman–Crippen LogP) is 3.53. The molecule has 31 heavy (non-hydrogen) atoms. The molecule has 166 valence electrons. The Labute approximate surface area is 178 Å². The van der Waals surface area contributed by atoms with E-state index in [9.17, 15) is 26.4 Å².